The number of rotatable bonds is 5. The highest BCUT2D eigenvalue weighted by Gasteiger charge is 2.43. The number of benzene rings is 1. The second-order valence-electron chi connectivity index (χ2n) is 7.97. The number of carbonyl (C=O) groups is 2. The first-order valence-corrected chi connectivity index (χ1v) is 9.29. The molecule has 5 heteroatoms. The maximum absolute atomic E-state index is 13.1. The summed E-state index contributed by atoms with van der Waals surface area (Å²) < 4.78 is 10.4. The summed E-state index contributed by atoms with van der Waals surface area (Å²) in [6.07, 6.45) is 1.25. The summed E-state index contributed by atoms with van der Waals surface area (Å²) in [4.78, 5) is 25.9. The minimum atomic E-state index is -0.407. The monoisotopic (exact) mass is 369 g/mol. The number of allylic oxidation sites excluding steroid dienone is 3. The molecular formula is C22H27NO4. The Morgan fingerprint density at radius 1 is 1.19 bits per heavy atom. The summed E-state index contributed by atoms with van der Waals surface area (Å²) in [5.74, 6) is -0.714. The van der Waals surface area contributed by atoms with Crippen LogP contribution >= 0.6 is 0 Å². The molecule has 0 aromatic heterocycles. The van der Waals surface area contributed by atoms with Crippen molar-refractivity contribution in [1.82, 2.24) is 5.32 Å². The van der Waals surface area contributed by atoms with Gasteiger partial charge in [-0.25, -0.2) is 4.79 Å². The van der Waals surface area contributed by atoms with Crippen LogP contribution in [0.4, 0.5) is 0 Å². The van der Waals surface area contributed by atoms with E-state index in [9.17, 15) is 9.59 Å². The Labute approximate surface area is 160 Å². The third kappa shape index (κ3) is 3.98. The molecule has 1 atom stereocenters. The van der Waals surface area contributed by atoms with Gasteiger partial charge in [0.25, 0.3) is 0 Å². The minimum absolute atomic E-state index is 0.0947. The average Bonchev–Trinajstić information content (AvgIpc) is 2.60. The van der Waals surface area contributed by atoms with Crippen molar-refractivity contribution in [3.05, 3.63) is 58.4 Å². The Morgan fingerprint density at radius 2 is 1.89 bits per heavy atom. The van der Waals surface area contributed by atoms with Crippen molar-refractivity contribution < 1.29 is 19.1 Å². The van der Waals surface area contributed by atoms with E-state index in [2.05, 4.69) is 19.2 Å². The van der Waals surface area contributed by atoms with Gasteiger partial charge in [0.05, 0.1) is 12.2 Å². The van der Waals surface area contributed by atoms with E-state index in [0.29, 0.717) is 24.2 Å². The molecule has 0 unspecified atom stereocenters. The van der Waals surface area contributed by atoms with Crippen LogP contribution in [0.5, 0.6) is 0 Å². The summed E-state index contributed by atoms with van der Waals surface area (Å²) in [5, 5.41) is 3.33. The molecule has 0 bridgehead atoms. The van der Waals surface area contributed by atoms with Gasteiger partial charge in [0, 0.05) is 36.4 Å². The van der Waals surface area contributed by atoms with Gasteiger partial charge in [-0.1, -0.05) is 44.2 Å². The number of esters is 1. The molecular weight excluding hydrogens is 342 g/mol. The van der Waals surface area contributed by atoms with Gasteiger partial charge in [-0.3, -0.25) is 4.79 Å². The SMILES string of the molecule is COCCOC(=O)C1=C(C)NC2=C(C(=O)CC(C)(C)C2)[C@H]1c1ccccc1. The molecule has 0 fully saturated rings. The number of methoxy groups -OCH3 is 1. The summed E-state index contributed by atoms with van der Waals surface area (Å²) >= 11 is 0. The van der Waals surface area contributed by atoms with Crippen LogP contribution in [-0.4, -0.2) is 32.1 Å². The standard InChI is InChI=1S/C22H27NO4/c1-14-18(21(25)27-11-10-26-4)19(15-8-6-5-7-9-15)20-16(23-14)12-22(2,3)13-17(20)24/h5-9,19,23H,10-13H2,1-4H3/t19-/m0/s1. The molecule has 0 saturated carbocycles. The molecule has 1 N–H and O–H groups in total. The van der Waals surface area contributed by atoms with E-state index in [1.165, 1.54) is 0 Å². The number of ketones is 1. The maximum atomic E-state index is 13.1. The number of nitrogens with one attached hydrogen (secondary N) is 1. The highest BCUT2D eigenvalue weighted by Crippen LogP contribution is 2.46. The molecule has 2 aliphatic rings. The van der Waals surface area contributed by atoms with Gasteiger partial charge in [0.2, 0.25) is 0 Å². The summed E-state index contributed by atoms with van der Waals surface area (Å²) in [6.45, 7) is 6.59. The quantitative estimate of drug-likeness (QED) is 0.636. The van der Waals surface area contributed by atoms with E-state index < -0.39 is 11.9 Å². The lowest BCUT2D eigenvalue weighted by Gasteiger charge is -2.39. The first kappa shape index (κ1) is 19.4. The lowest BCUT2D eigenvalue weighted by molar-refractivity contribution is -0.140. The second kappa shape index (κ2) is 7.69. The molecule has 3 rings (SSSR count). The molecule has 1 aliphatic carbocycles. The smallest absolute Gasteiger partial charge is 0.336 e. The Kier molecular flexibility index (Phi) is 5.51. The Bertz CT molecular complexity index is 805. The third-order valence-electron chi connectivity index (χ3n) is 5.11. The topological polar surface area (TPSA) is 64.6 Å². The van der Waals surface area contributed by atoms with Crippen molar-refractivity contribution in [3.8, 4) is 0 Å². The van der Waals surface area contributed by atoms with Crippen LogP contribution in [0.15, 0.2) is 52.9 Å². The van der Waals surface area contributed by atoms with E-state index in [0.717, 1.165) is 23.4 Å². The highest BCUT2D eigenvalue weighted by molar-refractivity contribution is 6.04. The summed E-state index contributed by atoms with van der Waals surface area (Å²) in [7, 11) is 1.56. The van der Waals surface area contributed by atoms with Crippen LogP contribution in [0.1, 0.15) is 45.1 Å². The predicted molar refractivity (Wildman–Crippen MR) is 103 cm³/mol. The van der Waals surface area contributed by atoms with Crippen LogP contribution in [0, 0.1) is 5.41 Å². The normalized spacial score (nSPS) is 21.6. The van der Waals surface area contributed by atoms with Gasteiger partial charge in [-0.15, -0.1) is 0 Å². The molecule has 144 valence electrons. The first-order valence-electron chi connectivity index (χ1n) is 9.29. The van der Waals surface area contributed by atoms with Crippen LogP contribution in [0.25, 0.3) is 0 Å². The van der Waals surface area contributed by atoms with Crippen molar-refractivity contribution >= 4 is 11.8 Å². The second-order valence-corrected chi connectivity index (χ2v) is 7.97. The molecule has 0 amide bonds. The zero-order chi connectivity index (χ0) is 19.6. The number of hydrogen-bond acceptors (Lipinski definition) is 5. The predicted octanol–water partition coefficient (Wildman–Crippen LogP) is 3.48. The minimum Gasteiger partial charge on any atom is -0.460 e. The highest BCUT2D eigenvalue weighted by atomic mass is 16.6. The fourth-order valence-corrected chi connectivity index (χ4v) is 3.98. The van der Waals surface area contributed by atoms with E-state index in [4.69, 9.17) is 9.47 Å². The van der Waals surface area contributed by atoms with Crippen LogP contribution in [0.2, 0.25) is 0 Å². The zero-order valence-electron chi connectivity index (χ0n) is 16.4. The van der Waals surface area contributed by atoms with E-state index in [1.807, 2.05) is 37.3 Å². The number of Topliss-reactive ketones (excluding diaryl/α,β-unsaturated/α-hetero) is 1. The average molecular weight is 369 g/mol. The molecule has 0 spiro atoms. The van der Waals surface area contributed by atoms with Gasteiger partial charge in [-0.2, -0.15) is 0 Å². The number of hydrogen-bond donors (Lipinski definition) is 1. The Balaban J connectivity index is 2.06. The van der Waals surface area contributed by atoms with Gasteiger partial charge >= 0.3 is 5.97 Å². The maximum Gasteiger partial charge on any atom is 0.336 e. The zero-order valence-corrected chi connectivity index (χ0v) is 16.4. The van der Waals surface area contributed by atoms with Crippen LogP contribution in [0.3, 0.4) is 0 Å². The van der Waals surface area contributed by atoms with Crippen molar-refractivity contribution in [2.24, 2.45) is 5.41 Å². The first-order chi connectivity index (χ1) is 12.8. The fraction of sp³-hybridized carbons (Fsp3) is 0.455. The van der Waals surface area contributed by atoms with Crippen LogP contribution in [-0.2, 0) is 19.1 Å². The largest absolute Gasteiger partial charge is 0.460 e. The molecule has 1 aliphatic heterocycles. The number of dihydropyridines is 1. The molecule has 1 aromatic rings. The number of carbonyl (C=O) groups excluding carboxylic acids is 2. The van der Waals surface area contributed by atoms with E-state index in [1.54, 1.807) is 7.11 Å². The molecule has 0 radical (unpaired) electrons. The molecule has 1 aromatic carbocycles. The molecule has 27 heavy (non-hydrogen) atoms. The molecule has 1 heterocycles. The van der Waals surface area contributed by atoms with Crippen LogP contribution < -0.4 is 5.32 Å². The molecule has 5 nitrogen and oxygen atoms in total. The number of ether oxygens (including phenoxy) is 2. The van der Waals surface area contributed by atoms with Gasteiger partial charge in [-0.05, 0) is 24.3 Å². The van der Waals surface area contributed by atoms with Crippen molar-refractivity contribution in [2.45, 2.75) is 39.5 Å². The molecule has 0 saturated heterocycles. The van der Waals surface area contributed by atoms with Gasteiger partial charge in [0.15, 0.2) is 5.78 Å². The van der Waals surface area contributed by atoms with Crippen molar-refractivity contribution in [2.75, 3.05) is 20.3 Å². The summed E-state index contributed by atoms with van der Waals surface area (Å²) in [5.41, 5.74) is 3.71. The van der Waals surface area contributed by atoms with Crippen molar-refractivity contribution in [3.63, 3.8) is 0 Å². The third-order valence-corrected chi connectivity index (χ3v) is 5.11. The fourth-order valence-electron chi connectivity index (χ4n) is 3.98. The van der Waals surface area contributed by atoms with Gasteiger partial charge < -0.3 is 14.8 Å². The lowest BCUT2D eigenvalue weighted by Crippen LogP contribution is -2.38. The lowest BCUT2D eigenvalue weighted by atomic mass is 9.68. The Hall–Kier alpha value is -2.40. The van der Waals surface area contributed by atoms with E-state index >= 15 is 0 Å². The Morgan fingerprint density at radius 3 is 2.56 bits per heavy atom. The van der Waals surface area contributed by atoms with E-state index in [-0.39, 0.29) is 17.8 Å². The van der Waals surface area contributed by atoms with Crippen molar-refractivity contribution in [1.29, 1.82) is 0 Å². The summed E-state index contributed by atoms with van der Waals surface area (Å²) in [6, 6.07) is 9.71. The van der Waals surface area contributed by atoms with Gasteiger partial charge in [0.1, 0.15) is 6.61 Å².